The number of thioether (sulfide) groups is 1. The number of rotatable bonds is 5. The van der Waals surface area contributed by atoms with Gasteiger partial charge >= 0.3 is 5.97 Å². The Morgan fingerprint density at radius 1 is 1.14 bits per heavy atom. The zero-order valence-corrected chi connectivity index (χ0v) is 22.3. The lowest BCUT2D eigenvalue weighted by atomic mass is 9.95. The minimum Gasteiger partial charge on any atom is -0.466 e. The highest BCUT2D eigenvalue weighted by molar-refractivity contribution is 8.26. The molecule has 3 heterocycles. The van der Waals surface area contributed by atoms with Crippen LogP contribution in [0.15, 0.2) is 34.0 Å². The number of benzene rings is 1. The number of para-hydroxylation sites is 1. The van der Waals surface area contributed by atoms with Gasteiger partial charge in [0.15, 0.2) is 0 Å². The zero-order chi connectivity index (χ0) is 25.4. The highest BCUT2D eigenvalue weighted by atomic mass is 32.2. The molecule has 0 atom stereocenters. The monoisotopic (exact) mass is 525 g/mol. The summed E-state index contributed by atoms with van der Waals surface area (Å²) in [5.74, 6) is -0.383. The summed E-state index contributed by atoms with van der Waals surface area (Å²) in [6.07, 6.45) is 7.22. The second-order valence-corrected chi connectivity index (χ2v) is 11.3. The van der Waals surface area contributed by atoms with Gasteiger partial charge in [-0.05, 0) is 44.7 Å². The van der Waals surface area contributed by atoms with Crippen molar-refractivity contribution in [3.05, 3.63) is 45.1 Å². The Hall–Kier alpha value is -2.65. The van der Waals surface area contributed by atoms with E-state index in [-0.39, 0.29) is 29.4 Å². The number of hydrogen-bond acceptors (Lipinski definition) is 7. The largest absolute Gasteiger partial charge is 0.466 e. The van der Waals surface area contributed by atoms with E-state index in [1.54, 1.807) is 22.6 Å². The molecule has 3 fully saturated rings. The van der Waals surface area contributed by atoms with Gasteiger partial charge in [-0.15, -0.1) is 0 Å². The summed E-state index contributed by atoms with van der Waals surface area (Å²) in [5.41, 5.74) is 2.00. The predicted molar refractivity (Wildman–Crippen MR) is 148 cm³/mol. The number of nitrogens with zero attached hydrogens (tertiary/aromatic N) is 3. The van der Waals surface area contributed by atoms with Gasteiger partial charge in [-0.25, -0.2) is 0 Å². The average molecular weight is 526 g/mol. The molecule has 2 aliphatic heterocycles. The molecule has 3 aliphatic rings. The van der Waals surface area contributed by atoms with Gasteiger partial charge in [-0.2, -0.15) is 0 Å². The first-order valence-electron chi connectivity index (χ1n) is 12.7. The van der Waals surface area contributed by atoms with Crippen LogP contribution in [0.4, 0.5) is 5.69 Å². The first kappa shape index (κ1) is 25.0. The summed E-state index contributed by atoms with van der Waals surface area (Å²) in [5, 5.41) is 0.951. The Morgan fingerprint density at radius 2 is 1.83 bits per heavy atom. The van der Waals surface area contributed by atoms with E-state index in [9.17, 15) is 14.4 Å². The fraction of sp³-hybridized carbons (Fsp3) is 0.481. The van der Waals surface area contributed by atoms with E-state index in [0.29, 0.717) is 47.3 Å². The number of carbonyl (C=O) groups is 2. The quantitative estimate of drug-likeness (QED) is 0.324. The SMILES string of the molecule is CCOC(=O)C1CCN(c2c(C=C3SC(=S)N(C4CCCC4)C3=O)c(=O)n(C)c3ccccc23)CC1. The molecule has 1 saturated carbocycles. The van der Waals surface area contributed by atoms with E-state index in [4.69, 9.17) is 17.0 Å². The van der Waals surface area contributed by atoms with Gasteiger partial charge in [0, 0.05) is 31.6 Å². The van der Waals surface area contributed by atoms with E-state index in [0.717, 1.165) is 42.3 Å². The molecule has 1 aromatic carbocycles. The maximum Gasteiger partial charge on any atom is 0.309 e. The van der Waals surface area contributed by atoms with Gasteiger partial charge in [0.25, 0.3) is 11.5 Å². The average Bonchev–Trinajstić information content (AvgIpc) is 3.50. The number of amides is 1. The molecular formula is C27H31N3O4S2. The van der Waals surface area contributed by atoms with Crippen LogP contribution >= 0.6 is 24.0 Å². The van der Waals surface area contributed by atoms with Crippen molar-refractivity contribution in [2.45, 2.75) is 51.5 Å². The number of pyridine rings is 1. The molecule has 0 radical (unpaired) electrons. The van der Waals surface area contributed by atoms with Crippen LogP contribution < -0.4 is 10.5 Å². The molecule has 2 aromatic rings. The van der Waals surface area contributed by atoms with Crippen LogP contribution in [0.3, 0.4) is 0 Å². The summed E-state index contributed by atoms with van der Waals surface area (Å²) in [4.78, 5) is 43.8. The molecule has 36 heavy (non-hydrogen) atoms. The third kappa shape index (κ3) is 4.47. The van der Waals surface area contributed by atoms with Gasteiger partial charge in [-0.1, -0.05) is 55.0 Å². The van der Waals surface area contributed by atoms with Crippen molar-refractivity contribution in [3.8, 4) is 0 Å². The third-order valence-corrected chi connectivity index (χ3v) is 8.86. The van der Waals surface area contributed by atoms with Crippen LogP contribution in [0.5, 0.6) is 0 Å². The molecule has 0 spiro atoms. The lowest BCUT2D eigenvalue weighted by molar-refractivity contribution is -0.148. The Kier molecular flexibility index (Phi) is 7.21. The van der Waals surface area contributed by atoms with Crippen LogP contribution in [-0.2, 0) is 21.4 Å². The number of anilines is 1. The number of aromatic nitrogens is 1. The van der Waals surface area contributed by atoms with Crippen molar-refractivity contribution in [2.24, 2.45) is 13.0 Å². The summed E-state index contributed by atoms with van der Waals surface area (Å²) < 4.78 is 7.46. The minimum absolute atomic E-state index is 0.0981. The van der Waals surface area contributed by atoms with Crippen molar-refractivity contribution < 1.29 is 14.3 Å². The molecule has 1 amide bonds. The number of esters is 1. The zero-order valence-electron chi connectivity index (χ0n) is 20.7. The summed E-state index contributed by atoms with van der Waals surface area (Å²) >= 11 is 6.88. The highest BCUT2D eigenvalue weighted by Gasteiger charge is 2.38. The van der Waals surface area contributed by atoms with Gasteiger partial charge in [-0.3, -0.25) is 19.3 Å². The predicted octanol–water partition coefficient (Wildman–Crippen LogP) is 4.46. The fourth-order valence-corrected chi connectivity index (χ4v) is 7.04. The van der Waals surface area contributed by atoms with Gasteiger partial charge in [0.1, 0.15) is 4.32 Å². The molecule has 1 aromatic heterocycles. The maximum atomic E-state index is 13.7. The third-order valence-electron chi connectivity index (χ3n) is 7.53. The van der Waals surface area contributed by atoms with E-state index in [1.165, 1.54) is 11.8 Å². The fourth-order valence-electron chi connectivity index (χ4n) is 5.66. The molecule has 5 rings (SSSR count). The van der Waals surface area contributed by atoms with Gasteiger partial charge in [0.2, 0.25) is 0 Å². The molecule has 9 heteroatoms. The Balaban J connectivity index is 1.56. The summed E-state index contributed by atoms with van der Waals surface area (Å²) in [6, 6.07) is 8.00. The highest BCUT2D eigenvalue weighted by Crippen LogP contribution is 2.40. The number of hydrogen-bond donors (Lipinski definition) is 0. The van der Waals surface area contributed by atoms with Crippen LogP contribution in [-0.4, -0.2) is 51.4 Å². The lowest BCUT2D eigenvalue weighted by Crippen LogP contribution is -2.39. The van der Waals surface area contributed by atoms with Crippen LogP contribution in [0.25, 0.3) is 17.0 Å². The van der Waals surface area contributed by atoms with Crippen molar-refractivity contribution >= 4 is 62.8 Å². The van der Waals surface area contributed by atoms with E-state index >= 15 is 0 Å². The van der Waals surface area contributed by atoms with E-state index in [1.807, 2.05) is 31.2 Å². The number of ether oxygens (including phenoxy) is 1. The van der Waals surface area contributed by atoms with Crippen molar-refractivity contribution in [3.63, 3.8) is 0 Å². The topological polar surface area (TPSA) is 71.8 Å². The molecule has 2 saturated heterocycles. The molecular weight excluding hydrogens is 494 g/mol. The molecule has 7 nitrogen and oxygen atoms in total. The first-order valence-corrected chi connectivity index (χ1v) is 13.9. The molecule has 1 aliphatic carbocycles. The molecule has 0 bridgehead atoms. The van der Waals surface area contributed by atoms with Crippen LogP contribution in [0.1, 0.15) is 51.0 Å². The van der Waals surface area contributed by atoms with Gasteiger partial charge in [0.05, 0.1) is 34.2 Å². The molecule has 0 N–H and O–H groups in total. The summed E-state index contributed by atoms with van der Waals surface area (Å²) in [6.45, 7) is 3.46. The van der Waals surface area contributed by atoms with E-state index < -0.39 is 0 Å². The molecule has 0 unspecified atom stereocenters. The van der Waals surface area contributed by atoms with Crippen molar-refractivity contribution in [1.29, 1.82) is 0 Å². The maximum absolute atomic E-state index is 13.7. The molecule has 190 valence electrons. The second-order valence-electron chi connectivity index (χ2n) is 9.65. The van der Waals surface area contributed by atoms with Crippen LogP contribution in [0.2, 0.25) is 0 Å². The number of fused-ring (bicyclic) bond motifs is 1. The number of thiocarbonyl (C=S) groups is 1. The Labute approximate surface area is 220 Å². The first-order chi connectivity index (χ1) is 17.4. The Morgan fingerprint density at radius 3 is 2.53 bits per heavy atom. The standard InChI is InChI=1S/C27H31N3O4S2/c1-3-34-26(33)17-12-14-29(15-13-17)23-19-10-6-7-11-21(19)28(2)24(31)20(23)16-22-25(32)30(27(35)36-22)18-8-4-5-9-18/h6-7,10-11,16-18H,3-5,8-9,12-15H2,1-2H3. The summed E-state index contributed by atoms with van der Waals surface area (Å²) in [7, 11) is 1.77. The van der Waals surface area contributed by atoms with Crippen LogP contribution in [0, 0.1) is 5.92 Å². The lowest BCUT2D eigenvalue weighted by Gasteiger charge is -2.34. The number of aryl methyl sites for hydroxylation is 1. The number of piperidine rings is 1. The van der Waals surface area contributed by atoms with Crippen molar-refractivity contribution in [2.75, 3.05) is 24.6 Å². The van der Waals surface area contributed by atoms with E-state index in [2.05, 4.69) is 4.90 Å². The smallest absolute Gasteiger partial charge is 0.309 e. The number of carbonyl (C=O) groups excluding carboxylic acids is 2. The Bertz CT molecular complexity index is 1300. The minimum atomic E-state index is -0.151. The van der Waals surface area contributed by atoms with Crippen molar-refractivity contribution in [1.82, 2.24) is 9.47 Å². The van der Waals surface area contributed by atoms with Gasteiger partial charge < -0.3 is 14.2 Å². The second kappa shape index (κ2) is 10.4. The normalized spacial score (nSPS) is 20.8.